The summed E-state index contributed by atoms with van der Waals surface area (Å²) in [5.74, 6) is 0.167. The molecule has 2 aromatic carbocycles. The summed E-state index contributed by atoms with van der Waals surface area (Å²) in [6, 6.07) is 11.6. The highest BCUT2D eigenvalue weighted by Gasteiger charge is 2.36. The maximum atomic E-state index is 10.9. The first-order valence-electron chi connectivity index (χ1n) is 14.6. The van der Waals surface area contributed by atoms with Gasteiger partial charge in [0.25, 0.3) is 0 Å². The SMILES string of the molecule is CC(C)=O.COCC1(c2cc(Cl)cc(C3OCCO3)c2)CCOCC1.COCC1(c2cc(Cl)cc(C=O)c2)CCOCC1. The van der Waals surface area contributed by atoms with Gasteiger partial charge < -0.3 is 33.2 Å². The second kappa shape index (κ2) is 17.6. The third kappa shape index (κ3) is 10.3. The van der Waals surface area contributed by atoms with Crippen LogP contribution < -0.4 is 0 Å². The molecular formula is C33H44Cl2O8. The predicted octanol–water partition coefficient (Wildman–Crippen LogP) is 6.52. The van der Waals surface area contributed by atoms with E-state index in [0.29, 0.717) is 55.3 Å². The number of carbonyl (C=O) groups is 2. The smallest absolute Gasteiger partial charge is 0.184 e. The maximum absolute atomic E-state index is 10.9. The van der Waals surface area contributed by atoms with Crippen molar-refractivity contribution in [2.75, 3.05) is 67.1 Å². The monoisotopic (exact) mass is 638 g/mol. The highest BCUT2D eigenvalue weighted by Crippen LogP contribution is 2.39. The Hall–Kier alpha value is -1.88. The van der Waals surface area contributed by atoms with E-state index in [-0.39, 0.29) is 22.9 Å². The molecule has 238 valence electrons. The van der Waals surface area contributed by atoms with E-state index in [0.717, 1.165) is 56.3 Å². The van der Waals surface area contributed by atoms with Crippen molar-refractivity contribution in [3.05, 3.63) is 68.7 Å². The summed E-state index contributed by atoms with van der Waals surface area (Å²) >= 11 is 12.4. The van der Waals surface area contributed by atoms with Gasteiger partial charge in [-0.3, -0.25) is 4.79 Å². The molecule has 3 fully saturated rings. The van der Waals surface area contributed by atoms with Crippen LogP contribution in [0.15, 0.2) is 36.4 Å². The Kier molecular flexibility index (Phi) is 14.5. The quantitative estimate of drug-likeness (QED) is 0.302. The van der Waals surface area contributed by atoms with E-state index in [1.165, 1.54) is 19.4 Å². The molecule has 3 aliphatic heterocycles. The Labute approximate surface area is 265 Å². The molecule has 0 aliphatic carbocycles. The molecule has 0 unspecified atom stereocenters. The van der Waals surface area contributed by atoms with Crippen molar-refractivity contribution in [2.45, 2.75) is 56.7 Å². The molecule has 43 heavy (non-hydrogen) atoms. The molecule has 10 heteroatoms. The van der Waals surface area contributed by atoms with E-state index < -0.39 is 0 Å². The van der Waals surface area contributed by atoms with E-state index in [9.17, 15) is 9.59 Å². The minimum absolute atomic E-state index is 0.0365. The first-order chi connectivity index (χ1) is 20.7. The van der Waals surface area contributed by atoms with Crippen molar-refractivity contribution in [3.8, 4) is 0 Å². The van der Waals surface area contributed by atoms with Crippen LogP contribution in [0.25, 0.3) is 0 Å². The standard InChI is InChI=1S/C16H21ClO4.C14H17ClO3.C3H6O/c1-18-11-16(2-4-19-5-3-16)13-8-12(9-14(17)10-13)15-20-6-7-21-15;1-17-10-14(2-4-18-5-3-14)12-6-11(9-16)7-13(15)8-12;1-3(2)4/h8-10,15H,2-7,11H2,1H3;6-9H,2-5,10H2,1H3;1-2H3. The van der Waals surface area contributed by atoms with E-state index in [1.807, 2.05) is 24.3 Å². The first-order valence-corrected chi connectivity index (χ1v) is 15.3. The minimum atomic E-state index is -0.304. The molecule has 8 nitrogen and oxygen atoms in total. The van der Waals surface area contributed by atoms with E-state index in [2.05, 4.69) is 6.07 Å². The Balaban J connectivity index is 0.000000212. The number of rotatable bonds is 8. The van der Waals surface area contributed by atoms with Gasteiger partial charge in [0.2, 0.25) is 0 Å². The largest absolute Gasteiger partial charge is 0.384 e. The molecule has 0 atom stereocenters. The van der Waals surface area contributed by atoms with E-state index >= 15 is 0 Å². The Morgan fingerprint density at radius 1 is 0.767 bits per heavy atom. The summed E-state index contributed by atoms with van der Waals surface area (Å²) in [6.45, 7) is 8.53. The number of aldehydes is 1. The van der Waals surface area contributed by atoms with Crippen LogP contribution in [-0.2, 0) is 44.0 Å². The summed E-state index contributed by atoms with van der Waals surface area (Å²) in [5.41, 5.74) is 3.73. The molecule has 3 saturated heterocycles. The Bertz CT molecular complexity index is 1150. The predicted molar refractivity (Wildman–Crippen MR) is 167 cm³/mol. The Morgan fingerprint density at radius 2 is 1.21 bits per heavy atom. The van der Waals surface area contributed by atoms with Gasteiger partial charge in [0.15, 0.2) is 6.29 Å². The van der Waals surface area contributed by atoms with Crippen molar-refractivity contribution < 1.29 is 38.0 Å². The fourth-order valence-corrected chi connectivity index (χ4v) is 6.19. The molecular weight excluding hydrogens is 595 g/mol. The molecule has 3 heterocycles. The summed E-state index contributed by atoms with van der Waals surface area (Å²) in [5, 5.41) is 1.31. The fraction of sp³-hybridized carbons (Fsp3) is 0.576. The zero-order valence-electron chi connectivity index (χ0n) is 25.6. The first kappa shape index (κ1) is 35.6. The van der Waals surface area contributed by atoms with Crippen LogP contribution in [0.5, 0.6) is 0 Å². The van der Waals surface area contributed by atoms with Crippen LogP contribution in [-0.4, -0.2) is 79.1 Å². The maximum Gasteiger partial charge on any atom is 0.184 e. The lowest BCUT2D eigenvalue weighted by molar-refractivity contribution is -0.115. The lowest BCUT2D eigenvalue weighted by atomic mass is 9.74. The van der Waals surface area contributed by atoms with Crippen molar-refractivity contribution in [3.63, 3.8) is 0 Å². The summed E-state index contributed by atoms with van der Waals surface area (Å²) in [6.07, 6.45) is 4.18. The number of hydrogen-bond donors (Lipinski definition) is 0. The number of benzene rings is 2. The molecule has 3 aliphatic rings. The second-order valence-corrected chi connectivity index (χ2v) is 12.2. The van der Waals surface area contributed by atoms with Crippen LogP contribution in [0, 0.1) is 0 Å². The van der Waals surface area contributed by atoms with Crippen molar-refractivity contribution in [1.29, 1.82) is 0 Å². The van der Waals surface area contributed by atoms with Gasteiger partial charge >= 0.3 is 0 Å². The summed E-state index contributed by atoms with van der Waals surface area (Å²) in [4.78, 5) is 20.4. The van der Waals surface area contributed by atoms with Gasteiger partial charge in [0.1, 0.15) is 12.1 Å². The minimum Gasteiger partial charge on any atom is -0.384 e. The number of Topliss-reactive ketones (excluding diaryl/α,β-unsaturated/α-hetero) is 1. The van der Waals surface area contributed by atoms with Gasteiger partial charge in [-0.2, -0.15) is 0 Å². The molecule has 0 N–H and O–H groups in total. The van der Waals surface area contributed by atoms with Crippen molar-refractivity contribution in [2.24, 2.45) is 0 Å². The summed E-state index contributed by atoms with van der Waals surface area (Å²) < 4.78 is 33.0. The van der Waals surface area contributed by atoms with Crippen molar-refractivity contribution >= 4 is 35.3 Å². The lowest BCUT2D eigenvalue weighted by Gasteiger charge is -2.37. The summed E-state index contributed by atoms with van der Waals surface area (Å²) in [7, 11) is 3.44. The zero-order valence-corrected chi connectivity index (χ0v) is 27.1. The van der Waals surface area contributed by atoms with Crippen LogP contribution in [0.1, 0.15) is 72.9 Å². The third-order valence-electron chi connectivity index (χ3n) is 7.84. The van der Waals surface area contributed by atoms with Gasteiger partial charge in [-0.25, -0.2) is 0 Å². The number of hydrogen-bond acceptors (Lipinski definition) is 8. The van der Waals surface area contributed by atoms with Gasteiger partial charge in [0, 0.05) is 72.6 Å². The van der Waals surface area contributed by atoms with Gasteiger partial charge in [-0.15, -0.1) is 0 Å². The molecule has 0 spiro atoms. The van der Waals surface area contributed by atoms with Gasteiger partial charge in [-0.1, -0.05) is 23.2 Å². The number of carbonyl (C=O) groups excluding carboxylic acids is 2. The van der Waals surface area contributed by atoms with E-state index in [1.54, 1.807) is 20.3 Å². The van der Waals surface area contributed by atoms with Gasteiger partial charge in [-0.05, 0) is 87.1 Å². The second-order valence-electron chi connectivity index (χ2n) is 11.3. The Morgan fingerprint density at radius 3 is 1.65 bits per heavy atom. The zero-order chi connectivity index (χ0) is 31.3. The van der Waals surface area contributed by atoms with Crippen LogP contribution >= 0.6 is 23.2 Å². The number of ether oxygens (including phenoxy) is 6. The van der Waals surface area contributed by atoms with Crippen molar-refractivity contribution in [1.82, 2.24) is 0 Å². The molecule has 5 rings (SSSR count). The number of ketones is 1. The molecule has 0 aromatic heterocycles. The fourth-order valence-electron chi connectivity index (χ4n) is 5.70. The third-order valence-corrected chi connectivity index (χ3v) is 8.27. The molecule has 0 radical (unpaired) electrons. The normalized spacial score (nSPS) is 19.4. The highest BCUT2D eigenvalue weighted by atomic mass is 35.5. The molecule has 0 amide bonds. The molecule has 0 saturated carbocycles. The van der Waals surface area contributed by atoms with Crippen LogP contribution in [0.4, 0.5) is 0 Å². The average Bonchev–Trinajstić information content (AvgIpc) is 3.53. The highest BCUT2D eigenvalue weighted by molar-refractivity contribution is 6.31. The number of methoxy groups -OCH3 is 2. The molecule has 0 bridgehead atoms. The number of halogens is 2. The van der Waals surface area contributed by atoms with Crippen LogP contribution in [0.2, 0.25) is 10.0 Å². The average molecular weight is 640 g/mol. The lowest BCUT2D eigenvalue weighted by Crippen LogP contribution is -2.38. The van der Waals surface area contributed by atoms with Gasteiger partial charge in [0.05, 0.1) is 26.4 Å². The van der Waals surface area contributed by atoms with E-state index in [4.69, 9.17) is 51.6 Å². The topological polar surface area (TPSA) is 89.5 Å². The van der Waals surface area contributed by atoms with Crippen LogP contribution in [0.3, 0.4) is 0 Å². The molecule has 2 aromatic rings.